The minimum absolute atomic E-state index is 0.0305. The lowest BCUT2D eigenvalue weighted by atomic mass is 10.3. The maximum Gasteiger partial charge on any atom is 0.250 e. The van der Waals surface area contributed by atoms with Crippen LogP contribution in [0, 0.1) is 0 Å². The number of carbonyl (C=O) groups is 1. The van der Waals surface area contributed by atoms with Gasteiger partial charge >= 0.3 is 0 Å². The lowest BCUT2D eigenvalue weighted by molar-refractivity contribution is -0.121. The molecule has 0 saturated carbocycles. The molecule has 100 valence electrons. The predicted molar refractivity (Wildman–Crippen MR) is 70.8 cm³/mol. The van der Waals surface area contributed by atoms with E-state index in [4.69, 9.17) is 26.8 Å². The summed E-state index contributed by atoms with van der Waals surface area (Å²) < 4.78 is 10.2. The summed E-state index contributed by atoms with van der Waals surface area (Å²) in [6, 6.07) is 7.02. The molecule has 0 bridgehead atoms. The fraction of sp³-hybridized carbons (Fsp3) is 0.417. The van der Waals surface area contributed by atoms with Gasteiger partial charge in [-0.25, -0.2) is 0 Å². The van der Waals surface area contributed by atoms with Crippen LogP contribution in [0.3, 0.4) is 0 Å². The van der Waals surface area contributed by atoms with Gasteiger partial charge in [0, 0.05) is 6.54 Å². The van der Waals surface area contributed by atoms with Gasteiger partial charge in [0.2, 0.25) is 5.91 Å². The minimum atomic E-state index is -0.248. The average molecular weight is 273 g/mol. The molecule has 0 aliphatic carbocycles. The van der Waals surface area contributed by atoms with Gasteiger partial charge in [0.05, 0.1) is 30.5 Å². The van der Waals surface area contributed by atoms with E-state index in [0.29, 0.717) is 37.1 Å². The van der Waals surface area contributed by atoms with Crippen LogP contribution in [0.2, 0.25) is 5.02 Å². The third kappa shape index (κ3) is 5.97. The standard InChI is InChI=1S/C12H17ClN2O3/c13-10-3-1-2-4-11(10)15-12(16)9-18-8-7-17-6-5-14/h1-4H,5-9,14H2,(H,15,16). The van der Waals surface area contributed by atoms with E-state index in [1.807, 2.05) is 0 Å². The van der Waals surface area contributed by atoms with Gasteiger partial charge in [-0.3, -0.25) is 4.79 Å². The number of nitrogens with two attached hydrogens (primary N) is 1. The molecule has 3 N–H and O–H groups in total. The SMILES string of the molecule is NCCOCCOCC(=O)Nc1ccccc1Cl. The monoisotopic (exact) mass is 272 g/mol. The number of halogens is 1. The van der Waals surface area contributed by atoms with E-state index in [1.165, 1.54) is 0 Å². The van der Waals surface area contributed by atoms with E-state index in [2.05, 4.69) is 5.32 Å². The Hall–Kier alpha value is -1.14. The van der Waals surface area contributed by atoms with E-state index in [9.17, 15) is 4.79 Å². The molecule has 0 heterocycles. The molecule has 0 atom stereocenters. The summed E-state index contributed by atoms with van der Waals surface area (Å²) in [7, 11) is 0. The molecule has 18 heavy (non-hydrogen) atoms. The third-order valence-corrected chi connectivity index (χ3v) is 2.34. The van der Waals surface area contributed by atoms with Crippen LogP contribution in [0.4, 0.5) is 5.69 Å². The van der Waals surface area contributed by atoms with Crippen molar-refractivity contribution in [3.63, 3.8) is 0 Å². The second kappa shape index (κ2) is 8.88. The molecular weight excluding hydrogens is 256 g/mol. The molecule has 1 aromatic rings. The van der Waals surface area contributed by atoms with Crippen molar-refractivity contribution in [1.82, 2.24) is 0 Å². The molecule has 1 rings (SSSR count). The van der Waals surface area contributed by atoms with Crippen molar-refractivity contribution in [3.05, 3.63) is 29.3 Å². The van der Waals surface area contributed by atoms with E-state index in [-0.39, 0.29) is 12.5 Å². The van der Waals surface area contributed by atoms with Crippen LogP contribution in [0.5, 0.6) is 0 Å². The molecule has 5 nitrogen and oxygen atoms in total. The zero-order valence-corrected chi connectivity index (χ0v) is 10.8. The zero-order chi connectivity index (χ0) is 13.2. The lowest BCUT2D eigenvalue weighted by Gasteiger charge is -2.07. The Balaban J connectivity index is 2.16. The number of hydrogen-bond donors (Lipinski definition) is 2. The highest BCUT2D eigenvalue weighted by molar-refractivity contribution is 6.33. The Morgan fingerprint density at radius 2 is 1.94 bits per heavy atom. The summed E-state index contributed by atoms with van der Waals surface area (Å²) in [6.07, 6.45) is 0. The number of rotatable bonds is 8. The lowest BCUT2D eigenvalue weighted by Crippen LogP contribution is -2.20. The molecule has 0 saturated heterocycles. The molecule has 6 heteroatoms. The molecular formula is C12H17ClN2O3. The number of amides is 1. The Morgan fingerprint density at radius 1 is 1.22 bits per heavy atom. The third-order valence-electron chi connectivity index (χ3n) is 2.02. The normalized spacial score (nSPS) is 10.3. The van der Waals surface area contributed by atoms with Gasteiger partial charge in [0.15, 0.2) is 0 Å². The molecule has 0 unspecified atom stereocenters. The average Bonchev–Trinajstić information content (AvgIpc) is 2.36. The summed E-state index contributed by atoms with van der Waals surface area (Å²) in [5.74, 6) is -0.248. The molecule has 1 amide bonds. The largest absolute Gasteiger partial charge is 0.378 e. The number of ether oxygens (including phenoxy) is 2. The second-order valence-corrected chi connectivity index (χ2v) is 3.89. The highest BCUT2D eigenvalue weighted by Crippen LogP contribution is 2.19. The summed E-state index contributed by atoms with van der Waals surface area (Å²) in [6.45, 7) is 1.73. The number of anilines is 1. The van der Waals surface area contributed by atoms with Crippen molar-refractivity contribution in [3.8, 4) is 0 Å². The highest BCUT2D eigenvalue weighted by atomic mass is 35.5. The van der Waals surface area contributed by atoms with Crippen molar-refractivity contribution in [2.45, 2.75) is 0 Å². The number of hydrogen-bond acceptors (Lipinski definition) is 4. The Labute approximate surface area is 111 Å². The van der Waals surface area contributed by atoms with Crippen molar-refractivity contribution in [2.24, 2.45) is 5.73 Å². The number of para-hydroxylation sites is 1. The molecule has 1 aromatic carbocycles. The predicted octanol–water partition coefficient (Wildman–Crippen LogP) is 1.27. The topological polar surface area (TPSA) is 73.6 Å². The quantitative estimate of drug-likeness (QED) is 0.699. The minimum Gasteiger partial charge on any atom is -0.378 e. The van der Waals surface area contributed by atoms with E-state index >= 15 is 0 Å². The molecule has 0 spiro atoms. The summed E-state index contributed by atoms with van der Waals surface area (Å²) in [4.78, 5) is 11.5. The van der Waals surface area contributed by atoms with Gasteiger partial charge in [-0.05, 0) is 12.1 Å². The molecule has 0 radical (unpaired) electrons. The smallest absolute Gasteiger partial charge is 0.250 e. The zero-order valence-electron chi connectivity index (χ0n) is 10.0. The molecule has 0 aliphatic heterocycles. The first-order valence-electron chi connectivity index (χ1n) is 5.64. The Morgan fingerprint density at radius 3 is 2.67 bits per heavy atom. The van der Waals surface area contributed by atoms with Gasteiger partial charge in [-0.2, -0.15) is 0 Å². The van der Waals surface area contributed by atoms with Crippen LogP contribution in [-0.2, 0) is 14.3 Å². The fourth-order valence-electron chi connectivity index (χ4n) is 1.22. The first-order chi connectivity index (χ1) is 8.74. The van der Waals surface area contributed by atoms with E-state index in [0.717, 1.165) is 0 Å². The Kier molecular flexibility index (Phi) is 7.36. The maximum absolute atomic E-state index is 11.5. The summed E-state index contributed by atoms with van der Waals surface area (Å²) >= 11 is 5.90. The summed E-state index contributed by atoms with van der Waals surface area (Å²) in [5, 5.41) is 3.15. The van der Waals surface area contributed by atoms with Gasteiger partial charge in [-0.15, -0.1) is 0 Å². The highest BCUT2D eigenvalue weighted by Gasteiger charge is 2.04. The number of nitrogens with one attached hydrogen (secondary N) is 1. The van der Waals surface area contributed by atoms with Crippen LogP contribution in [0.1, 0.15) is 0 Å². The summed E-state index contributed by atoms with van der Waals surface area (Å²) in [5.41, 5.74) is 5.83. The van der Waals surface area contributed by atoms with Crippen molar-refractivity contribution in [2.75, 3.05) is 38.3 Å². The molecule has 0 fully saturated rings. The molecule has 0 aliphatic rings. The first-order valence-corrected chi connectivity index (χ1v) is 6.01. The van der Waals surface area contributed by atoms with Gasteiger partial charge in [-0.1, -0.05) is 23.7 Å². The van der Waals surface area contributed by atoms with Crippen molar-refractivity contribution in [1.29, 1.82) is 0 Å². The van der Waals surface area contributed by atoms with E-state index in [1.54, 1.807) is 24.3 Å². The van der Waals surface area contributed by atoms with Crippen LogP contribution in [-0.4, -0.2) is 38.9 Å². The van der Waals surface area contributed by atoms with Gasteiger partial charge < -0.3 is 20.5 Å². The first kappa shape index (κ1) is 14.9. The van der Waals surface area contributed by atoms with E-state index < -0.39 is 0 Å². The van der Waals surface area contributed by atoms with Crippen LogP contribution in [0.25, 0.3) is 0 Å². The van der Waals surface area contributed by atoms with Crippen LogP contribution < -0.4 is 11.1 Å². The Bertz CT molecular complexity index is 374. The van der Waals surface area contributed by atoms with Crippen LogP contribution >= 0.6 is 11.6 Å². The maximum atomic E-state index is 11.5. The second-order valence-electron chi connectivity index (χ2n) is 3.48. The van der Waals surface area contributed by atoms with Gasteiger partial charge in [0.25, 0.3) is 0 Å². The van der Waals surface area contributed by atoms with Gasteiger partial charge in [0.1, 0.15) is 6.61 Å². The van der Waals surface area contributed by atoms with Crippen LogP contribution in [0.15, 0.2) is 24.3 Å². The fourth-order valence-corrected chi connectivity index (χ4v) is 1.40. The molecule has 0 aromatic heterocycles. The van der Waals surface area contributed by atoms with Crippen molar-refractivity contribution >= 4 is 23.2 Å². The van der Waals surface area contributed by atoms with Crippen molar-refractivity contribution < 1.29 is 14.3 Å². The number of benzene rings is 1. The number of carbonyl (C=O) groups excluding carboxylic acids is 1.